The van der Waals surface area contributed by atoms with Gasteiger partial charge in [-0.05, 0) is 62.8 Å². The van der Waals surface area contributed by atoms with Gasteiger partial charge in [-0.3, -0.25) is 4.90 Å². The van der Waals surface area contributed by atoms with Crippen LogP contribution in [-0.2, 0) is 6.54 Å². The number of hydrogen-bond donors (Lipinski definition) is 1. The molecule has 1 unspecified atom stereocenters. The van der Waals surface area contributed by atoms with Crippen LogP contribution < -0.4 is 0 Å². The highest BCUT2D eigenvalue weighted by molar-refractivity contribution is 5.33. The van der Waals surface area contributed by atoms with Crippen molar-refractivity contribution in [2.75, 3.05) is 13.2 Å². The Morgan fingerprint density at radius 3 is 2.94 bits per heavy atom. The molecule has 1 heterocycles. The fourth-order valence-electron chi connectivity index (χ4n) is 2.96. The monoisotopic (exact) mass is 247 g/mol. The second-order valence-electron chi connectivity index (χ2n) is 5.49. The maximum Gasteiger partial charge on any atom is 0.0431 e. The van der Waals surface area contributed by atoms with Gasteiger partial charge in [0.1, 0.15) is 0 Å². The van der Waals surface area contributed by atoms with Gasteiger partial charge in [-0.25, -0.2) is 0 Å². The van der Waals surface area contributed by atoms with E-state index in [0.29, 0.717) is 12.6 Å². The van der Waals surface area contributed by atoms with E-state index in [1.54, 1.807) is 0 Å². The molecular formula is C16H25NO. The van der Waals surface area contributed by atoms with Crippen LogP contribution in [-0.4, -0.2) is 29.2 Å². The van der Waals surface area contributed by atoms with Crippen LogP contribution >= 0.6 is 0 Å². The average Bonchev–Trinajstić information content (AvgIpc) is 2.80. The summed E-state index contributed by atoms with van der Waals surface area (Å²) in [6.45, 7) is 7.02. The molecule has 1 saturated heterocycles. The molecular weight excluding hydrogens is 222 g/mol. The number of aryl methyl sites for hydroxylation is 1. The lowest BCUT2D eigenvalue weighted by atomic mass is 10.0. The Balaban J connectivity index is 2.01. The van der Waals surface area contributed by atoms with E-state index in [-0.39, 0.29) is 0 Å². The van der Waals surface area contributed by atoms with Crippen molar-refractivity contribution in [2.45, 2.75) is 52.1 Å². The summed E-state index contributed by atoms with van der Waals surface area (Å²) in [6, 6.07) is 7.28. The molecule has 1 fully saturated rings. The molecule has 2 heteroatoms. The maximum atomic E-state index is 8.96. The molecule has 1 N–H and O–H groups in total. The largest absolute Gasteiger partial charge is 0.396 e. The van der Waals surface area contributed by atoms with Crippen LogP contribution in [0.2, 0.25) is 0 Å². The van der Waals surface area contributed by atoms with Crippen LogP contribution in [0.5, 0.6) is 0 Å². The summed E-state index contributed by atoms with van der Waals surface area (Å²) < 4.78 is 0. The second-order valence-corrected chi connectivity index (χ2v) is 5.49. The molecule has 0 bridgehead atoms. The highest BCUT2D eigenvalue weighted by atomic mass is 16.2. The summed E-state index contributed by atoms with van der Waals surface area (Å²) in [6.07, 6.45) is 4.68. The lowest BCUT2D eigenvalue weighted by Gasteiger charge is -2.25. The van der Waals surface area contributed by atoms with Gasteiger partial charge in [-0.2, -0.15) is 0 Å². The van der Waals surface area contributed by atoms with Crippen molar-refractivity contribution in [3.63, 3.8) is 0 Å². The van der Waals surface area contributed by atoms with Crippen LogP contribution in [0.1, 0.15) is 42.4 Å². The standard InChI is InChI=1S/C16H25NO/c1-13-6-3-7-15(14(13)2)12-17-10-4-8-16(17)9-5-11-18/h3,6-7,16,18H,4-5,8-12H2,1-2H3. The summed E-state index contributed by atoms with van der Waals surface area (Å²) in [5.74, 6) is 0. The number of rotatable bonds is 5. The molecule has 1 aromatic carbocycles. The van der Waals surface area contributed by atoms with Crippen molar-refractivity contribution in [1.29, 1.82) is 0 Å². The fourth-order valence-corrected chi connectivity index (χ4v) is 2.96. The van der Waals surface area contributed by atoms with Gasteiger partial charge in [0.15, 0.2) is 0 Å². The van der Waals surface area contributed by atoms with Crippen LogP contribution in [0, 0.1) is 13.8 Å². The lowest BCUT2D eigenvalue weighted by molar-refractivity contribution is 0.210. The van der Waals surface area contributed by atoms with Crippen LogP contribution in [0.15, 0.2) is 18.2 Å². The fraction of sp³-hybridized carbons (Fsp3) is 0.625. The van der Waals surface area contributed by atoms with Crippen LogP contribution in [0.4, 0.5) is 0 Å². The van der Waals surface area contributed by atoms with E-state index in [4.69, 9.17) is 5.11 Å². The Morgan fingerprint density at radius 2 is 2.17 bits per heavy atom. The van der Waals surface area contributed by atoms with E-state index >= 15 is 0 Å². The minimum atomic E-state index is 0.327. The quantitative estimate of drug-likeness (QED) is 0.864. The highest BCUT2D eigenvalue weighted by Gasteiger charge is 2.24. The van der Waals surface area contributed by atoms with Crippen molar-refractivity contribution in [3.05, 3.63) is 34.9 Å². The number of hydrogen-bond acceptors (Lipinski definition) is 2. The minimum Gasteiger partial charge on any atom is -0.396 e. The van der Waals surface area contributed by atoms with Gasteiger partial charge < -0.3 is 5.11 Å². The number of benzene rings is 1. The Kier molecular flexibility index (Phi) is 4.79. The minimum absolute atomic E-state index is 0.327. The van der Waals surface area contributed by atoms with E-state index in [1.165, 1.54) is 36.1 Å². The number of likely N-dealkylation sites (tertiary alicyclic amines) is 1. The van der Waals surface area contributed by atoms with E-state index in [9.17, 15) is 0 Å². The van der Waals surface area contributed by atoms with Crippen LogP contribution in [0.3, 0.4) is 0 Å². The molecule has 18 heavy (non-hydrogen) atoms. The average molecular weight is 247 g/mol. The normalized spacial score (nSPS) is 20.5. The van der Waals surface area contributed by atoms with Crippen molar-refractivity contribution < 1.29 is 5.11 Å². The zero-order valence-electron chi connectivity index (χ0n) is 11.7. The third-order valence-electron chi connectivity index (χ3n) is 4.28. The second kappa shape index (κ2) is 6.35. The van der Waals surface area contributed by atoms with E-state index < -0.39 is 0 Å². The summed E-state index contributed by atoms with van der Waals surface area (Å²) in [7, 11) is 0. The first-order valence-corrected chi connectivity index (χ1v) is 7.12. The molecule has 1 aliphatic heterocycles. The van der Waals surface area contributed by atoms with Gasteiger partial charge in [0.05, 0.1) is 0 Å². The molecule has 2 rings (SSSR count). The SMILES string of the molecule is Cc1cccc(CN2CCCC2CCCO)c1C. The Morgan fingerprint density at radius 1 is 1.33 bits per heavy atom. The molecule has 0 spiro atoms. The number of aliphatic hydroxyl groups excluding tert-OH is 1. The predicted octanol–water partition coefficient (Wildman–Crippen LogP) is 3.04. The molecule has 0 saturated carbocycles. The van der Waals surface area contributed by atoms with Gasteiger partial charge >= 0.3 is 0 Å². The van der Waals surface area contributed by atoms with Crippen molar-refractivity contribution >= 4 is 0 Å². The third-order valence-corrected chi connectivity index (χ3v) is 4.28. The van der Waals surface area contributed by atoms with Crippen molar-refractivity contribution in [2.24, 2.45) is 0 Å². The zero-order chi connectivity index (χ0) is 13.0. The molecule has 0 radical (unpaired) electrons. The Labute approximate surface area is 111 Å². The lowest BCUT2D eigenvalue weighted by Crippen LogP contribution is -2.29. The molecule has 0 aromatic heterocycles. The highest BCUT2D eigenvalue weighted by Crippen LogP contribution is 2.25. The van der Waals surface area contributed by atoms with Gasteiger partial charge in [0.2, 0.25) is 0 Å². The molecule has 1 aliphatic rings. The molecule has 1 aromatic rings. The topological polar surface area (TPSA) is 23.5 Å². The Hall–Kier alpha value is -0.860. The molecule has 2 nitrogen and oxygen atoms in total. The summed E-state index contributed by atoms with van der Waals surface area (Å²) in [4.78, 5) is 2.59. The first-order chi connectivity index (χ1) is 8.72. The number of nitrogens with zero attached hydrogens (tertiary/aromatic N) is 1. The van der Waals surface area contributed by atoms with Crippen molar-refractivity contribution in [3.8, 4) is 0 Å². The number of aliphatic hydroxyl groups is 1. The first kappa shape index (κ1) is 13.6. The van der Waals surface area contributed by atoms with Crippen LogP contribution in [0.25, 0.3) is 0 Å². The van der Waals surface area contributed by atoms with E-state index in [1.807, 2.05) is 0 Å². The maximum absolute atomic E-state index is 8.96. The molecule has 100 valence electrons. The molecule has 1 atom stereocenters. The van der Waals surface area contributed by atoms with Crippen molar-refractivity contribution in [1.82, 2.24) is 4.90 Å². The molecule has 0 aliphatic carbocycles. The summed E-state index contributed by atoms with van der Waals surface area (Å²) in [5, 5.41) is 8.96. The van der Waals surface area contributed by atoms with Gasteiger partial charge in [0.25, 0.3) is 0 Å². The summed E-state index contributed by atoms with van der Waals surface area (Å²) in [5.41, 5.74) is 4.29. The van der Waals surface area contributed by atoms with Gasteiger partial charge in [-0.1, -0.05) is 18.2 Å². The molecule has 0 amide bonds. The smallest absolute Gasteiger partial charge is 0.0431 e. The third kappa shape index (κ3) is 3.12. The Bertz CT molecular complexity index is 389. The summed E-state index contributed by atoms with van der Waals surface area (Å²) >= 11 is 0. The first-order valence-electron chi connectivity index (χ1n) is 7.12. The van der Waals surface area contributed by atoms with Gasteiger partial charge in [0, 0.05) is 19.2 Å². The van der Waals surface area contributed by atoms with E-state index in [2.05, 4.69) is 36.9 Å². The predicted molar refractivity (Wildman–Crippen MR) is 75.7 cm³/mol. The zero-order valence-corrected chi connectivity index (χ0v) is 11.7. The van der Waals surface area contributed by atoms with Gasteiger partial charge in [-0.15, -0.1) is 0 Å². The van der Waals surface area contributed by atoms with E-state index in [0.717, 1.165) is 19.4 Å².